The fraction of sp³-hybridized carbons (Fsp3) is 0.812. The highest BCUT2D eigenvalue weighted by atomic mass is 79.9. The van der Waals surface area contributed by atoms with Gasteiger partial charge in [0.25, 0.3) is 0 Å². The number of rotatable bonds is 7. The third-order valence-corrected chi connectivity index (χ3v) is 7.06. The molecular weight excluding hydrogens is 716 g/mol. The average molecular weight is 772 g/mol. The maximum Gasteiger partial charge on any atom is 0.410 e. The van der Waals surface area contributed by atoms with Crippen molar-refractivity contribution in [2.24, 2.45) is 11.3 Å². The van der Waals surface area contributed by atoms with Gasteiger partial charge in [0.15, 0.2) is 0 Å². The molecule has 2 unspecified atom stereocenters. The smallest absolute Gasteiger partial charge is 0.410 e. The minimum Gasteiger partial charge on any atom is -0.469 e. The van der Waals surface area contributed by atoms with Gasteiger partial charge in [-0.15, -0.1) is 0 Å². The number of nitrogens with zero attached hydrogens (tertiary/aromatic N) is 2. The quantitative estimate of drug-likeness (QED) is 0.209. The van der Waals surface area contributed by atoms with E-state index < -0.39 is 46.7 Å². The highest BCUT2D eigenvalue weighted by molar-refractivity contribution is 9.09. The Bertz CT molecular complexity index is 1080. The SMILES string of the molecule is COC(=O)C1COCCN(C(=O)OC(C)(C)C)C1.COC(=O)CCBr.COC(=O)CCC1(C(=O)OC)COCCN(C(=O)OC(C)(C)C)C1. The summed E-state index contributed by atoms with van der Waals surface area (Å²) in [5.41, 5.74) is -2.33. The number of hydrogen-bond donors (Lipinski definition) is 0. The minimum atomic E-state index is -1.13. The molecule has 0 radical (unpaired) electrons. The van der Waals surface area contributed by atoms with Gasteiger partial charge in [-0.25, -0.2) is 9.59 Å². The second kappa shape index (κ2) is 22.5. The maximum absolute atomic E-state index is 12.4. The second-order valence-corrected chi connectivity index (χ2v) is 13.8. The Morgan fingerprint density at radius 2 is 1.24 bits per heavy atom. The zero-order valence-electron chi connectivity index (χ0n) is 30.6. The van der Waals surface area contributed by atoms with Crippen LogP contribution in [0.5, 0.6) is 0 Å². The molecule has 2 rings (SSSR count). The summed E-state index contributed by atoms with van der Waals surface area (Å²) in [4.78, 5) is 72.7. The van der Waals surface area contributed by atoms with Crippen molar-refractivity contribution in [3.8, 4) is 0 Å². The van der Waals surface area contributed by atoms with Crippen LogP contribution in [0.4, 0.5) is 9.59 Å². The summed E-state index contributed by atoms with van der Waals surface area (Å²) >= 11 is 3.09. The van der Waals surface area contributed by atoms with Gasteiger partial charge in [0, 0.05) is 37.9 Å². The van der Waals surface area contributed by atoms with Gasteiger partial charge < -0.3 is 47.7 Å². The van der Waals surface area contributed by atoms with Gasteiger partial charge in [-0.1, -0.05) is 15.9 Å². The van der Waals surface area contributed by atoms with Gasteiger partial charge in [-0.2, -0.15) is 0 Å². The van der Waals surface area contributed by atoms with Gasteiger partial charge >= 0.3 is 36.1 Å². The van der Waals surface area contributed by atoms with E-state index in [9.17, 15) is 28.8 Å². The number of alkyl halides is 1. The first-order chi connectivity index (χ1) is 22.8. The largest absolute Gasteiger partial charge is 0.469 e. The van der Waals surface area contributed by atoms with Crippen LogP contribution in [-0.4, -0.2) is 143 Å². The van der Waals surface area contributed by atoms with Gasteiger partial charge in [-0.3, -0.25) is 19.2 Å². The molecule has 2 saturated heterocycles. The normalized spacial score (nSPS) is 19.5. The molecule has 284 valence electrons. The number of esters is 4. The van der Waals surface area contributed by atoms with Crippen molar-refractivity contribution < 1.29 is 66.7 Å². The van der Waals surface area contributed by atoms with E-state index in [-0.39, 0.29) is 57.7 Å². The zero-order chi connectivity index (χ0) is 37.8. The summed E-state index contributed by atoms with van der Waals surface area (Å²) in [5, 5.41) is 0.680. The molecule has 16 nitrogen and oxygen atoms in total. The van der Waals surface area contributed by atoms with E-state index >= 15 is 0 Å². The van der Waals surface area contributed by atoms with E-state index in [1.807, 2.05) is 0 Å². The molecule has 0 aromatic heterocycles. The van der Waals surface area contributed by atoms with Gasteiger partial charge in [-0.05, 0) is 48.0 Å². The number of methoxy groups -OCH3 is 4. The van der Waals surface area contributed by atoms with Crippen molar-refractivity contribution in [1.29, 1.82) is 0 Å². The van der Waals surface area contributed by atoms with E-state index in [4.69, 9.17) is 23.7 Å². The summed E-state index contributed by atoms with van der Waals surface area (Å²) in [6.07, 6.45) is -0.319. The Balaban J connectivity index is 0.000000808. The van der Waals surface area contributed by atoms with Crippen molar-refractivity contribution >= 4 is 52.0 Å². The molecular formula is C32H55BrN2O14. The molecule has 2 aliphatic rings. The Morgan fingerprint density at radius 1 is 0.735 bits per heavy atom. The van der Waals surface area contributed by atoms with Crippen LogP contribution in [0.2, 0.25) is 0 Å². The predicted octanol–water partition coefficient (Wildman–Crippen LogP) is 3.35. The summed E-state index contributed by atoms with van der Waals surface area (Å²) in [7, 11) is 5.25. The molecule has 0 N–H and O–H groups in total. The Kier molecular flexibility index (Phi) is 21.1. The first-order valence-corrected chi connectivity index (χ1v) is 16.9. The fourth-order valence-corrected chi connectivity index (χ4v) is 4.57. The fourth-order valence-electron chi connectivity index (χ4n) is 4.24. The molecule has 0 aliphatic carbocycles. The molecule has 2 aliphatic heterocycles. The molecule has 0 aromatic rings. The Labute approximate surface area is 297 Å². The van der Waals surface area contributed by atoms with Crippen molar-refractivity contribution in [3.63, 3.8) is 0 Å². The van der Waals surface area contributed by atoms with Crippen LogP contribution < -0.4 is 0 Å². The van der Waals surface area contributed by atoms with Crippen LogP contribution in [0.1, 0.15) is 60.8 Å². The third-order valence-electron chi connectivity index (χ3n) is 6.66. The third kappa shape index (κ3) is 19.0. The maximum atomic E-state index is 12.4. The van der Waals surface area contributed by atoms with Gasteiger partial charge in [0.1, 0.15) is 16.6 Å². The van der Waals surface area contributed by atoms with Crippen molar-refractivity contribution in [2.75, 3.05) is 86.4 Å². The van der Waals surface area contributed by atoms with Crippen LogP contribution in [0.25, 0.3) is 0 Å². The second-order valence-electron chi connectivity index (χ2n) is 13.0. The lowest BCUT2D eigenvalue weighted by Crippen LogP contribution is -2.48. The van der Waals surface area contributed by atoms with Gasteiger partial charge in [0.2, 0.25) is 0 Å². The molecule has 0 bridgehead atoms. The molecule has 0 saturated carbocycles. The van der Waals surface area contributed by atoms with E-state index in [1.54, 1.807) is 41.5 Å². The summed E-state index contributed by atoms with van der Waals surface area (Å²) in [5.74, 6) is -1.96. The highest BCUT2D eigenvalue weighted by Crippen LogP contribution is 2.31. The predicted molar refractivity (Wildman–Crippen MR) is 179 cm³/mol. The minimum absolute atomic E-state index is 0.0249. The van der Waals surface area contributed by atoms with E-state index in [0.29, 0.717) is 31.4 Å². The van der Waals surface area contributed by atoms with E-state index in [2.05, 4.69) is 30.1 Å². The molecule has 2 atom stereocenters. The number of hydrogen-bond acceptors (Lipinski definition) is 14. The number of halogens is 1. The Hall–Kier alpha value is -3.18. The van der Waals surface area contributed by atoms with Crippen molar-refractivity contribution in [3.05, 3.63) is 0 Å². The van der Waals surface area contributed by atoms with E-state index in [1.165, 1.54) is 38.2 Å². The van der Waals surface area contributed by atoms with Crippen LogP contribution in [-0.2, 0) is 57.1 Å². The molecule has 2 amide bonds. The highest BCUT2D eigenvalue weighted by Gasteiger charge is 2.45. The number of carbonyl (C=O) groups excluding carboxylic acids is 6. The van der Waals surface area contributed by atoms with Gasteiger partial charge in [0.05, 0.1) is 67.2 Å². The van der Waals surface area contributed by atoms with Crippen LogP contribution in [0.15, 0.2) is 0 Å². The number of amides is 2. The molecule has 0 aromatic carbocycles. The van der Waals surface area contributed by atoms with Crippen LogP contribution in [0, 0.1) is 11.3 Å². The van der Waals surface area contributed by atoms with Crippen molar-refractivity contribution in [2.45, 2.75) is 72.0 Å². The molecule has 0 spiro atoms. The van der Waals surface area contributed by atoms with Crippen LogP contribution >= 0.6 is 15.9 Å². The molecule has 2 heterocycles. The lowest BCUT2D eigenvalue weighted by atomic mass is 9.83. The van der Waals surface area contributed by atoms with Crippen molar-refractivity contribution in [1.82, 2.24) is 9.80 Å². The topological polar surface area (TPSA) is 183 Å². The summed E-state index contributed by atoms with van der Waals surface area (Å²) < 4.78 is 40.0. The van der Waals surface area contributed by atoms with Crippen LogP contribution in [0.3, 0.4) is 0 Å². The standard InChI is InChI=1S/C16H27NO7.C12H21NO5.C4H7BrO2/c1-15(2,3)24-14(20)17-8-9-23-11-16(10-17,13(19)22-5)7-6-12(18)21-4;1-12(2,3)18-11(15)13-5-6-17-8-9(7-13)10(14)16-4;1-7-4(6)2-3-5/h6-11H2,1-5H3;9H,5-8H2,1-4H3;2-3H2,1H3. The molecule has 49 heavy (non-hydrogen) atoms. The number of ether oxygens (including phenoxy) is 8. The Morgan fingerprint density at radius 3 is 1.71 bits per heavy atom. The zero-order valence-corrected chi connectivity index (χ0v) is 32.1. The van der Waals surface area contributed by atoms with E-state index in [0.717, 1.165) is 0 Å². The molecule has 17 heteroatoms. The first-order valence-electron chi connectivity index (χ1n) is 15.7. The lowest BCUT2D eigenvalue weighted by Gasteiger charge is -2.33. The summed E-state index contributed by atoms with van der Waals surface area (Å²) in [6, 6.07) is 0. The lowest BCUT2D eigenvalue weighted by molar-refractivity contribution is -0.158. The first kappa shape index (κ1) is 45.8. The monoisotopic (exact) mass is 770 g/mol. The number of carbonyl (C=O) groups is 6. The summed E-state index contributed by atoms with van der Waals surface area (Å²) in [6.45, 7) is 12.8. The average Bonchev–Trinajstić information content (AvgIpc) is 3.42. The molecule has 2 fully saturated rings.